The van der Waals surface area contributed by atoms with Crippen molar-refractivity contribution in [3.05, 3.63) is 54.3 Å². The Morgan fingerprint density at radius 2 is 1.97 bits per heavy atom. The molecule has 0 aliphatic heterocycles. The summed E-state index contributed by atoms with van der Waals surface area (Å²) in [5.74, 6) is 3.73. The maximum Gasteiger partial charge on any atom is 0.226 e. The number of nitrogens with one attached hydrogen (secondary N) is 2. The average molecular weight is 412 g/mol. The van der Waals surface area contributed by atoms with Crippen molar-refractivity contribution >= 4 is 5.96 Å². The zero-order valence-corrected chi connectivity index (χ0v) is 17.6. The molecule has 0 saturated heterocycles. The Kier molecular flexibility index (Phi) is 8.32. The first-order chi connectivity index (χ1) is 14.8. The normalized spacial score (nSPS) is 11.5. The van der Waals surface area contributed by atoms with E-state index < -0.39 is 0 Å². The van der Waals surface area contributed by atoms with Crippen LogP contribution >= 0.6 is 0 Å². The van der Waals surface area contributed by atoms with E-state index in [0.717, 1.165) is 61.8 Å². The van der Waals surface area contributed by atoms with Gasteiger partial charge in [-0.2, -0.15) is 4.98 Å². The maximum atomic E-state index is 5.37. The van der Waals surface area contributed by atoms with Crippen LogP contribution in [-0.4, -0.2) is 36.3 Å². The molecule has 0 radical (unpaired) electrons. The van der Waals surface area contributed by atoms with E-state index in [1.165, 1.54) is 0 Å². The van der Waals surface area contributed by atoms with Crippen LogP contribution in [0.1, 0.15) is 37.8 Å². The first-order valence-electron chi connectivity index (χ1n) is 10.3. The summed E-state index contributed by atoms with van der Waals surface area (Å²) >= 11 is 0. The molecule has 2 aromatic heterocycles. The summed E-state index contributed by atoms with van der Waals surface area (Å²) in [6.45, 7) is 4.24. The van der Waals surface area contributed by atoms with Crippen LogP contribution < -0.4 is 15.4 Å². The first kappa shape index (κ1) is 21.4. The predicted molar refractivity (Wildman–Crippen MR) is 115 cm³/mol. The van der Waals surface area contributed by atoms with Gasteiger partial charge in [0.1, 0.15) is 18.1 Å². The number of aromatic nitrogens is 2. The summed E-state index contributed by atoms with van der Waals surface area (Å²) < 4.78 is 15.9. The van der Waals surface area contributed by atoms with E-state index in [-0.39, 0.29) is 0 Å². The van der Waals surface area contributed by atoms with Gasteiger partial charge in [-0.15, -0.1) is 0 Å². The van der Waals surface area contributed by atoms with Crippen molar-refractivity contribution in [2.45, 2.75) is 39.2 Å². The van der Waals surface area contributed by atoms with Crippen LogP contribution in [0.2, 0.25) is 0 Å². The van der Waals surface area contributed by atoms with Crippen molar-refractivity contribution in [1.29, 1.82) is 0 Å². The highest BCUT2D eigenvalue weighted by molar-refractivity contribution is 5.79. The topological polar surface area (TPSA) is 97.7 Å². The van der Waals surface area contributed by atoms with Crippen LogP contribution in [0.4, 0.5) is 0 Å². The quantitative estimate of drug-likeness (QED) is 0.281. The number of aliphatic imine (C=N–C) groups is 1. The third-order valence-corrected chi connectivity index (χ3v) is 4.49. The minimum Gasteiger partial charge on any atom is -0.497 e. The number of aryl methyl sites for hydroxylation is 1. The molecule has 1 aromatic carbocycles. The van der Waals surface area contributed by atoms with Crippen molar-refractivity contribution in [3.8, 4) is 17.1 Å². The Bertz CT molecular complexity index is 888. The molecule has 2 N–H and O–H groups in total. The van der Waals surface area contributed by atoms with Crippen molar-refractivity contribution in [3.63, 3.8) is 0 Å². The third-order valence-electron chi connectivity index (χ3n) is 4.49. The van der Waals surface area contributed by atoms with E-state index in [1.807, 2.05) is 36.4 Å². The second-order valence-corrected chi connectivity index (χ2v) is 6.75. The SMILES string of the molecule is CCNC(=NCc1ccco1)NCCCCCc1nc(-c2ccc(OC)cc2)no1. The molecule has 0 unspecified atom stereocenters. The lowest BCUT2D eigenvalue weighted by Gasteiger charge is -2.10. The van der Waals surface area contributed by atoms with Gasteiger partial charge in [-0.25, -0.2) is 4.99 Å². The van der Waals surface area contributed by atoms with Gasteiger partial charge in [0, 0.05) is 25.1 Å². The Balaban J connectivity index is 1.35. The van der Waals surface area contributed by atoms with Gasteiger partial charge in [0.15, 0.2) is 5.96 Å². The molecule has 8 nitrogen and oxygen atoms in total. The molecule has 0 atom stereocenters. The van der Waals surface area contributed by atoms with Gasteiger partial charge in [0.25, 0.3) is 0 Å². The Hall–Kier alpha value is -3.29. The smallest absolute Gasteiger partial charge is 0.226 e. The van der Waals surface area contributed by atoms with Gasteiger partial charge in [0.2, 0.25) is 11.7 Å². The van der Waals surface area contributed by atoms with E-state index in [1.54, 1.807) is 13.4 Å². The molecule has 0 aliphatic rings. The minimum absolute atomic E-state index is 0.524. The number of hydrogen-bond acceptors (Lipinski definition) is 6. The lowest BCUT2D eigenvalue weighted by atomic mass is 10.2. The lowest BCUT2D eigenvalue weighted by Crippen LogP contribution is -2.37. The molecular formula is C22H29N5O3. The van der Waals surface area contributed by atoms with Gasteiger partial charge in [-0.3, -0.25) is 0 Å². The molecule has 0 spiro atoms. The van der Waals surface area contributed by atoms with Gasteiger partial charge in [-0.05, 0) is 56.2 Å². The lowest BCUT2D eigenvalue weighted by molar-refractivity contribution is 0.374. The summed E-state index contributed by atoms with van der Waals surface area (Å²) in [7, 11) is 1.64. The molecule has 2 heterocycles. The fourth-order valence-electron chi connectivity index (χ4n) is 2.90. The van der Waals surface area contributed by atoms with Gasteiger partial charge in [0.05, 0.1) is 13.4 Å². The highest BCUT2D eigenvalue weighted by Crippen LogP contribution is 2.20. The van der Waals surface area contributed by atoms with Crippen LogP contribution in [0.25, 0.3) is 11.4 Å². The van der Waals surface area contributed by atoms with Crippen molar-refractivity contribution < 1.29 is 13.7 Å². The van der Waals surface area contributed by atoms with E-state index in [9.17, 15) is 0 Å². The van der Waals surface area contributed by atoms with Gasteiger partial charge >= 0.3 is 0 Å². The first-order valence-corrected chi connectivity index (χ1v) is 10.3. The summed E-state index contributed by atoms with van der Waals surface area (Å²) in [5, 5.41) is 10.7. The molecule has 0 saturated carbocycles. The maximum absolute atomic E-state index is 5.37. The number of methoxy groups -OCH3 is 1. The van der Waals surface area contributed by atoms with Gasteiger partial charge < -0.3 is 24.3 Å². The third kappa shape index (κ3) is 6.65. The number of benzene rings is 1. The zero-order valence-electron chi connectivity index (χ0n) is 17.6. The number of ether oxygens (including phenoxy) is 1. The highest BCUT2D eigenvalue weighted by Gasteiger charge is 2.08. The monoisotopic (exact) mass is 411 g/mol. The second-order valence-electron chi connectivity index (χ2n) is 6.75. The standard InChI is InChI=1S/C22H29N5O3/c1-3-23-22(25-16-19-8-7-15-29-19)24-14-6-4-5-9-20-26-21(27-30-20)17-10-12-18(28-2)13-11-17/h7-8,10-13,15H,3-6,9,14,16H2,1-2H3,(H2,23,24,25). The summed E-state index contributed by atoms with van der Waals surface area (Å²) in [4.78, 5) is 9.01. The average Bonchev–Trinajstić information content (AvgIpc) is 3.46. The Morgan fingerprint density at radius 1 is 1.10 bits per heavy atom. The van der Waals surface area contributed by atoms with Crippen molar-refractivity contribution in [2.75, 3.05) is 20.2 Å². The summed E-state index contributed by atoms with van der Waals surface area (Å²) in [6.07, 6.45) is 5.52. The second kappa shape index (κ2) is 11.6. The molecule has 160 valence electrons. The number of furan rings is 1. The Labute approximate surface area is 176 Å². The van der Waals surface area contributed by atoms with Crippen LogP contribution in [0.15, 0.2) is 56.6 Å². The summed E-state index contributed by atoms with van der Waals surface area (Å²) in [6, 6.07) is 11.4. The van der Waals surface area contributed by atoms with E-state index >= 15 is 0 Å². The molecule has 0 aliphatic carbocycles. The molecular weight excluding hydrogens is 382 g/mol. The number of guanidine groups is 1. The predicted octanol–water partition coefficient (Wildman–Crippen LogP) is 3.81. The number of nitrogens with zero attached hydrogens (tertiary/aromatic N) is 3. The van der Waals surface area contributed by atoms with Crippen LogP contribution in [0.5, 0.6) is 5.75 Å². The molecule has 0 amide bonds. The largest absolute Gasteiger partial charge is 0.497 e. The van der Waals surface area contributed by atoms with E-state index in [4.69, 9.17) is 13.7 Å². The summed E-state index contributed by atoms with van der Waals surface area (Å²) in [5.41, 5.74) is 0.916. The van der Waals surface area contributed by atoms with Gasteiger partial charge in [-0.1, -0.05) is 11.6 Å². The van der Waals surface area contributed by atoms with Crippen LogP contribution in [-0.2, 0) is 13.0 Å². The minimum atomic E-state index is 0.524. The molecule has 8 heteroatoms. The Morgan fingerprint density at radius 3 is 2.70 bits per heavy atom. The number of unbranched alkanes of at least 4 members (excludes halogenated alkanes) is 2. The highest BCUT2D eigenvalue weighted by atomic mass is 16.5. The fraction of sp³-hybridized carbons (Fsp3) is 0.409. The molecule has 3 aromatic rings. The van der Waals surface area contributed by atoms with E-state index in [2.05, 4.69) is 32.7 Å². The zero-order chi connectivity index (χ0) is 21.0. The van der Waals surface area contributed by atoms with Crippen LogP contribution in [0.3, 0.4) is 0 Å². The molecule has 3 rings (SSSR count). The van der Waals surface area contributed by atoms with Crippen molar-refractivity contribution in [1.82, 2.24) is 20.8 Å². The molecule has 30 heavy (non-hydrogen) atoms. The molecule has 0 bridgehead atoms. The number of hydrogen-bond donors (Lipinski definition) is 2. The van der Waals surface area contributed by atoms with E-state index in [0.29, 0.717) is 18.3 Å². The molecule has 0 fully saturated rings. The fourth-order valence-corrected chi connectivity index (χ4v) is 2.90. The van der Waals surface area contributed by atoms with Crippen LogP contribution in [0, 0.1) is 0 Å². The van der Waals surface area contributed by atoms with Crippen molar-refractivity contribution in [2.24, 2.45) is 4.99 Å². The number of rotatable bonds is 11.